The summed E-state index contributed by atoms with van der Waals surface area (Å²) in [5.41, 5.74) is 3.67. The van der Waals surface area contributed by atoms with Gasteiger partial charge in [0.05, 0.1) is 49.6 Å². The number of ether oxygens (including phenoxy) is 3. The highest BCUT2D eigenvalue weighted by Crippen LogP contribution is 2.42. The van der Waals surface area contributed by atoms with E-state index in [1.54, 1.807) is 54.2 Å². The molecule has 0 spiro atoms. The molecular formula is C52H59N13O10. The lowest BCUT2D eigenvalue weighted by Gasteiger charge is -2.36. The van der Waals surface area contributed by atoms with E-state index in [-0.39, 0.29) is 96.4 Å². The van der Waals surface area contributed by atoms with Gasteiger partial charge in [0, 0.05) is 86.6 Å². The van der Waals surface area contributed by atoms with Crippen LogP contribution in [0.4, 0.5) is 28.8 Å². The van der Waals surface area contributed by atoms with Crippen molar-refractivity contribution in [3.63, 3.8) is 0 Å². The SMILES string of the molecule is COc1cc(/N=N\c2cccc3c2CN(C2CCC(=O)NC2=O)C3=O)cc(OC)c1OCC(=O)NCCCNCC(=O)N1CCN(c2ccc(Nc3ncc4c(C)c(C(C)=O)c(=O)n(C5CCCC5)c4n3)nc2)CC1. The number of azo groups is 1. The topological polar surface area (TPSA) is 273 Å². The molecule has 4 N–H and O–H groups in total. The van der Waals surface area contributed by atoms with Gasteiger partial charge in [-0.3, -0.25) is 43.4 Å². The molecule has 3 aromatic heterocycles. The van der Waals surface area contributed by atoms with Crippen LogP contribution in [0.5, 0.6) is 17.2 Å². The summed E-state index contributed by atoms with van der Waals surface area (Å²) in [5, 5.41) is 20.9. The van der Waals surface area contributed by atoms with Crippen molar-refractivity contribution in [2.24, 2.45) is 10.2 Å². The molecule has 4 aliphatic rings. The van der Waals surface area contributed by atoms with Crippen LogP contribution in [-0.2, 0) is 25.7 Å². The number of piperidine rings is 1. The quantitative estimate of drug-likeness (QED) is 0.0382. The summed E-state index contributed by atoms with van der Waals surface area (Å²) in [5.74, 6) is -0.336. The fourth-order valence-electron chi connectivity index (χ4n) is 10.1. The molecule has 75 heavy (non-hydrogen) atoms. The number of rotatable bonds is 19. The van der Waals surface area contributed by atoms with Gasteiger partial charge in [0.2, 0.25) is 29.4 Å². The van der Waals surface area contributed by atoms with Gasteiger partial charge in [0.1, 0.15) is 17.5 Å². The van der Waals surface area contributed by atoms with E-state index in [2.05, 4.69) is 46.4 Å². The van der Waals surface area contributed by atoms with Crippen molar-refractivity contribution in [2.45, 2.75) is 77.4 Å². The van der Waals surface area contributed by atoms with Crippen molar-refractivity contribution < 1.29 is 43.0 Å². The number of methoxy groups -OCH3 is 2. The number of ketones is 1. The molecule has 0 radical (unpaired) electrons. The van der Waals surface area contributed by atoms with E-state index in [0.717, 1.165) is 31.4 Å². The molecule has 1 aliphatic carbocycles. The summed E-state index contributed by atoms with van der Waals surface area (Å²) in [6, 6.07) is 11.2. The third-order valence-electron chi connectivity index (χ3n) is 14.0. The predicted octanol–water partition coefficient (Wildman–Crippen LogP) is 4.57. The van der Waals surface area contributed by atoms with Crippen molar-refractivity contribution in [3.8, 4) is 17.2 Å². The summed E-state index contributed by atoms with van der Waals surface area (Å²) in [6.07, 6.45) is 8.11. The Hall–Kier alpha value is -8.34. The summed E-state index contributed by atoms with van der Waals surface area (Å²) in [4.78, 5) is 109. The molecule has 6 heterocycles. The second-order valence-electron chi connectivity index (χ2n) is 18.7. The largest absolute Gasteiger partial charge is 0.493 e. The molecule has 2 aromatic carbocycles. The van der Waals surface area contributed by atoms with E-state index >= 15 is 0 Å². The molecule has 5 amide bonds. The monoisotopic (exact) mass is 1030 g/mol. The van der Waals surface area contributed by atoms with Gasteiger partial charge in [-0.25, -0.2) is 9.97 Å². The number of amides is 5. The molecule has 1 atom stereocenters. The van der Waals surface area contributed by atoms with Gasteiger partial charge in [-0.15, -0.1) is 0 Å². The van der Waals surface area contributed by atoms with Gasteiger partial charge in [-0.1, -0.05) is 18.9 Å². The molecule has 1 unspecified atom stereocenters. The van der Waals surface area contributed by atoms with Crippen LogP contribution in [0, 0.1) is 6.92 Å². The van der Waals surface area contributed by atoms with Crippen LogP contribution in [0.3, 0.4) is 0 Å². The van der Waals surface area contributed by atoms with Crippen LogP contribution in [0.15, 0.2) is 69.9 Å². The number of Topliss-reactive ketones (excluding diaryl/α,β-unsaturated/α-hetero) is 1. The van der Waals surface area contributed by atoms with Crippen LogP contribution in [-0.4, -0.2) is 137 Å². The van der Waals surface area contributed by atoms with E-state index in [4.69, 9.17) is 19.2 Å². The Bertz CT molecular complexity index is 3100. The van der Waals surface area contributed by atoms with E-state index in [9.17, 15) is 33.6 Å². The number of carbonyl (C=O) groups is 6. The lowest BCUT2D eigenvalue weighted by Crippen LogP contribution is -2.52. The Kier molecular flexibility index (Phi) is 15.7. The molecule has 0 bridgehead atoms. The van der Waals surface area contributed by atoms with E-state index in [0.29, 0.717) is 96.6 Å². The third-order valence-corrected chi connectivity index (χ3v) is 14.0. The molecule has 392 valence electrons. The average Bonchev–Trinajstić information content (AvgIpc) is 4.08. The minimum absolute atomic E-state index is 0.0139. The zero-order valence-corrected chi connectivity index (χ0v) is 42.3. The first-order valence-electron chi connectivity index (χ1n) is 25.0. The number of benzene rings is 2. The maximum atomic E-state index is 13.6. The van der Waals surface area contributed by atoms with Crippen molar-refractivity contribution in [2.75, 3.05) is 76.9 Å². The number of fused-ring (bicyclic) bond motifs is 2. The summed E-state index contributed by atoms with van der Waals surface area (Å²) >= 11 is 0. The highest BCUT2D eigenvalue weighted by Gasteiger charge is 2.40. The van der Waals surface area contributed by atoms with Crippen LogP contribution >= 0.6 is 0 Å². The van der Waals surface area contributed by atoms with Gasteiger partial charge in [-0.2, -0.15) is 15.2 Å². The van der Waals surface area contributed by atoms with Crippen LogP contribution in [0.2, 0.25) is 0 Å². The summed E-state index contributed by atoms with van der Waals surface area (Å²) < 4.78 is 18.6. The normalized spacial score (nSPS) is 16.9. The second kappa shape index (κ2) is 22.8. The minimum Gasteiger partial charge on any atom is -0.493 e. The van der Waals surface area contributed by atoms with E-state index in [1.165, 1.54) is 26.0 Å². The lowest BCUT2D eigenvalue weighted by molar-refractivity contribution is -0.137. The number of aryl methyl sites for hydroxylation is 1. The number of piperazine rings is 1. The van der Waals surface area contributed by atoms with Gasteiger partial charge in [0.25, 0.3) is 17.4 Å². The van der Waals surface area contributed by atoms with Gasteiger partial charge < -0.3 is 44.9 Å². The van der Waals surface area contributed by atoms with Crippen molar-refractivity contribution in [1.29, 1.82) is 0 Å². The number of carbonyl (C=O) groups excluding carboxylic acids is 6. The summed E-state index contributed by atoms with van der Waals surface area (Å²) in [6.45, 7) is 6.36. The Labute approximate surface area is 431 Å². The van der Waals surface area contributed by atoms with Crippen LogP contribution < -0.4 is 45.9 Å². The standard InChI is InChI=1S/C52H59N13O10/c1-30-36-26-56-52(59-48(36)65(33-9-5-6-10-33)51(72)46(30)31(2)66)57-42-15-13-34(25-55-42)62-19-21-63(22-20-62)45(69)27-53-17-8-18-54-44(68)29-75-47-40(73-3)23-32(24-41(47)74-4)60-61-38-12-7-11-35-37(38)28-64(50(35)71)39-14-16-43(67)58-49(39)70/h7,11-13,15,23-26,33,39,53H,5-6,8-10,14,16-22,27-29H2,1-4H3,(H,54,68)(H,58,67,70)(H,55,56,57,59)/b61-60-. The van der Waals surface area contributed by atoms with Gasteiger partial charge in [0.15, 0.2) is 23.9 Å². The predicted molar refractivity (Wildman–Crippen MR) is 275 cm³/mol. The molecule has 3 aliphatic heterocycles. The van der Waals surface area contributed by atoms with Crippen molar-refractivity contribution in [3.05, 3.63) is 87.5 Å². The molecule has 5 aromatic rings. The number of imide groups is 1. The van der Waals surface area contributed by atoms with E-state index < -0.39 is 11.9 Å². The average molecular weight is 1030 g/mol. The lowest BCUT2D eigenvalue weighted by atomic mass is 10.0. The van der Waals surface area contributed by atoms with Gasteiger partial charge >= 0.3 is 0 Å². The molecular weight excluding hydrogens is 967 g/mol. The molecule has 9 rings (SSSR count). The molecule has 1 saturated carbocycles. The molecule has 2 saturated heterocycles. The number of hydrogen-bond donors (Lipinski definition) is 4. The number of nitrogens with zero attached hydrogens (tertiary/aromatic N) is 9. The first-order valence-corrected chi connectivity index (χ1v) is 25.0. The fraction of sp³-hybridized carbons (Fsp3) is 0.423. The molecule has 3 fully saturated rings. The van der Waals surface area contributed by atoms with Crippen molar-refractivity contribution >= 4 is 75.2 Å². The van der Waals surface area contributed by atoms with E-state index in [1.807, 2.05) is 17.0 Å². The molecule has 23 nitrogen and oxygen atoms in total. The van der Waals surface area contributed by atoms with Gasteiger partial charge in [-0.05, 0) is 75.9 Å². The smallest absolute Gasteiger partial charge is 0.263 e. The Morgan fingerprint density at radius 2 is 1.65 bits per heavy atom. The summed E-state index contributed by atoms with van der Waals surface area (Å²) in [7, 11) is 2.88. The van der Waals surface area contributed by atoms with Crippen LogP contribution in [0.25, 0.3) is 11.0 Å². The first-order chi connectivity index (χ1) is 36.3. The zero-order chi connectivity index (χ0) is 52.8. The zero-order valence-electron chi connectivity index (χ0n) is 42.3. The van der Waals surface area contributed by atoms with Crippen molar-refractivity contribution in [1.82, 2.24) is 45.3 Å². The number of hydrogen-bond acceptors (Lipinski definition) is 18. The number of pyridine rings is 2. The number of aromatic nitrogens is 4. The highest BCUT2D eigenvalue weighted by molar-refractivity contribution is 6.06. The maximum absolute atomic E-state index is 13.6. The number of nitrogens with one attached hydrogen (secondary N) is 4. The van der Waals surface area contributed by atoms with Crippen LogP contribution in [0.1, 0.15) is 89.8 Å². The highest BCUT2D eigenvalue weighted by atomic mass is 16.5. The number of anilines is 3. The first kappa shape index (κ1) is 51.6. The third kappa shape index (κ3) is 11.3. The Morgan fingerprint density at radius 1 is 0.893 bits per heavy atom. The Morgan fingerprint density at radius 3 is 2.35 bits per heavy atom. The maximum Gasteiger partial charge on any atom is 0.263 e. The second-order valence-corrected chi connectivity index (χ2v) is 18.7. The fourth-order valence-corrected chi connectivity index (χ4v) is 10.1. The minimum atomic E-state index is -0.761. The molecule has 23 heteroatoms. The Balaban J connectivity index is 0.691.